The van der Waals surface area contributed by atoms with Crippen molar-refractivity contribution in [3.8, 4) is 0 Å². The normalized spacial score (nSPS) is 26.1. The Labute approximate surface area is 157 Å². The van der Waals surface area contributed by atoms with Gasteiger partial charge in [0.1, 0.15) is 0 Å². The molecule has 1 aromatic rings. The summed E-state index contributed by atoms with van der Waals surface area (Å²) in [5, 5.41) is 3.01. The van der Waals surface area contributed by atoms with Gasteiger partial charge in [0.05, 0.1) is 23.6 Å². The van der Waals surface area contributed by atoms with Crippen LogP contribution in [0.5, 0.6) is 0 Å². The third-order valence-electron chi connectivity index (χ3n) is 5.61. The minimum atomic E-state index is -3.03. The number of nitrogens with zero attached hydrogens (tertiary/aromatic N) is 1. The second-order valence-corrected chi connectivity index (χ2v) is 10.3. The summed E-state index contributed by atoms with van der Waals surface area (Å²) < 4.78 is 23.6. The number of benzene rings is 1. The Hall–Kier alpha value is -1.40. The second-order valence-electron chi connectivity index (χ2n) is 8.13. The van der Waals surface area contributed by atoms with Crippen molar-refractivity contribution in [3.05, 3.63) is 35.9 Å². The van der Waals surface area contributed by atoms with E-state index in [0.717, 1.165) is 19.4 Å². The molecule has 0 spiro atoms. The topological polar surface area (TPSA) is 66.5 Å². The van der Waals surface area contributed by atoms with Gasteiger partial charge in [-0.05, 0) is 31.7 Å². The number of nitrogens with one attached hydrogen (secondary N) is 1. The van der Waals surface area contributed by atoms with E-state index in [9.17, 15) is 13.2 Å². The van der Waals surface area contributed by atoms with E-state index < -0.39 is 15.4 Å². The first-order valence-corrected chi connectivity index (χ1v) is 11.5. The van der Waals surface area contributed by atoms with Gasteiger partial charge in [0, 0.05) is 12.6 Å². The molecule has 5 nitrogen and oxygen atoms in total. The molecule has 2 aliphatic rings. The van der Waals surface area contributed by atoms with Crippen molar-refractivity contribution in [3.63, 3.8) is 0 Å². The minimum Gasteiger partial charge on any atom is -0.349 e. The maximum absolute atomic E-state index is 12.7. The van der Waals surface area contributed by atoms with Crippen molar-refractivity contribution in [2.75, 3.05) is 18.1 Å². The lowest BCUT2D eigenvalue weighted by Gasteiger charge is -2.35. The number of amides is 1. The number of carbonyl (C=O) groups is 1. The van der Waals surface area contributed by atoms with E-state index >= 15 is 0 Å². The molecule has 1 aliphatic carbocycles. The van der Waals surface area contributed by atoms with Crippen molar-refractivity contribution in [1.29, 1.82) is 0 Å². The molecular formula is C20H30N2O3S. The Bertz CT molecular complexity index is 714. The molecule has 1 saturated heterocycles. The van der Waals surface area contributed by atoms with E-state index in [0.29, 0.717) is 19.0 Å². The lowest BCUT2D eigenvalue weighted by Crippen LogP contribution is -2.51. The number of hydrogen-bond donors (Lipinski definition) is 1. The van der Waals surface area contributed by atoms with Crippen molar-refractivity contribution in [1.82, 2.24) is 10.2 Å². The summed E-state index contributed by atoms with van der Waals surface area (Å²) in [6, 6.07) is 10.7. The van der Waals surface area contributed by atoms with Gasteiger partial charge in [0.2, 0.25) is 5.91 Å². The molecule has 0 bridgehead atoms. The van der Waals surface area contributed by atoms with E-state index in [1.54, 1.807) is 0 Å². The highest BCUT2D eigenvalue weighted by Crippen LogP contribution is 2.25. The number of rotatable bonds is 6. The molecular weight excluding hydrogens is 348 g/mol. The van der Waals surface area contributed by atoms with Gasteiger partial charge in [-0.1, -0.05) is 49.6 Å². The summed E-state index contributed by atoms with van der Waals surface area (Å²) in [7, 11) is -3.03. The Morgan fingerprint density at radius 2 is 1.88 bits per heavy atom. The largest absolute Gasteiger partial charge is 0.349 e. The van der Waals surface area contributed by atoms with Crippen LogP contribution in [0.3, 0.4) is 0 Å². The lowest BCUT2D eigenvalue weighted by atomic mass is 9.93. The van der Waals surface area contributed by atoms with E-state index in [1.165, 1.54) is 24.8 Å². The highest BCUT2D eigenvalue weighted by molar-refractivity contribution is 7.91. The summed E-state index contributed by atoms with van der Waals surface area (Å²) in [4.78, 5) is 15.0. The summed E-state index contributed by atoms with van der Waals surface area (Å²) >= 11 is 0. The Kier molecular flexibility index (Phi) is 6.03. The summed E-state index contributed by atoms with van der Waals surface area (Å²) in [6.45, 7) is 2.93. The molecule has 1 saturated carbocycles. The van der Waals surface area contributed by atoms with E-state index in [4.69, 9.17) is 0 Å². The fourth-order valence-electron chi connectivity index (χ4n) is 4.25. The highest BCUT2D eigenvalue weighted by Gasteiger charge is 2.39. The molecule has 0 unspecified atom stereocenters. The lowest BCUT2D eigenvalue weighted by molar-refractivity contribution is -0.124. The van der Waals surface area contributed by atoms with Crippen LogP contribution in [-0.4, -0.2) is 48.9 Å². The molecule has 1 aliphatic heterocycles. The van der Waals surface area contributed by atoms with Gasteiger partial charge >= 0.3 is 0 Å². The van der Waals surface area contributed by atoms with Crippen molar-refractivity contribution < 1.29 is 13.2 Å². The first-order chi connectivity index (χ1) is 12.4. The Balaban J connectivity index is 1.65. The molecule has 144 valence electrons. The van der Waals surface area contributed by atoms with Gasteiger partial charge in [0.15, 0.2) is 9.84 Å². The fraction of sp³-hybridized carbons (Fsp3) is 0.650. The van der Waals surface area contributed by atoms with Crippen molar-refractivity contribution in [2.24, 2.45) is 0 Å². The molecule has 1 aromatic carbocycles. The zero-order chi connectivity index (χ0) is 18.6. The highest BCUT2D eigenvalue weighted by atomic mass is 32.2. The standard InChI is InChI=1S/C20H30N2O3S/c1-20(12-13-26(24,25)16-20)21-19(23)15-22(18-10-6-3-7-11-18)14-17-8-4-2-5-9-17/h2,4-5,8-9,18H,3,6-7,10-16H2,1H3,(H,21,23)/t20-/m1/s1. The second kappa shape index (κ2) is 8.09. The molecule has 1 amide bonds. The van der Waals surface area contributed by atoms with Crippen LogP contribution in [0.2, 0.25) is 0 Å². The molecule has 0 aromatic heterocycles. The average Bonchev–Trinajstić information content (AvgIpc) is 2.88. The van der Waals surface area contributed by atoms with Crippen LogP contribution in [0.15, 0.2) is 30.3 Å². The predicted octanol–water partition coefficient (Wildman–Crippen LogP) is 2.51. The first kappa shape index (κ1) is 19.4. The SMILES string of the molecule is C[C@@]1(NC(=O)CN(Cc2ccccc2)C2CCCCC2)CCS(=O)(=O)C1. The smallest absolute Gasteiger partial charge is 0.234 e. The van der Waals surface area contributed by atoms with E-state index in [1.807, 2.05) is 25.1 Å². The Morgan fingerprint density at radius 1 is 1.19 bits per heavy atom. The van der Waals surface area contributed by atoms with Crippen LogP contribution in [-0.2, 0) is 21.2 Å². The van der Waals surface area contributed by atoms with Gasteiger partial charge in [0.25, 0.3) is 0 Å². The van der Waals surface area contributed by atoms with Gasteiger partial charge in [-0.2, -0.15) is 0 Å². The van der Waals surface area contributed by atoms with Crippen LogP contribution >= 0.6 is 0 Å². The summed E-state index contributed by atoms with van der Waals surface area (Å²) in [5.74, 6) is 0.152. The monoisotopic (exact) mass is 378 g/mol. The van der Waals surface area contributed by atoms with Crippen LogP contribution < -0.4 is 5.32 Å². The number of carbonyl (C=O) groups excluding carboxylic acids is 1. The Morgan fingerprint density at radius 3 is 2.50 bits per heavy atom. The van der Waals surface area contributed by atoms with Crippen LogP contribution in [0.25, 0.3) is 0 Å². The number of hydrogen-bond acceptors (Lipinski definition) is 4. The molecule has 1 heterocycles. The third kappa shape index (κ3) is 5.30. The molecule has 3 rings (SSSR count). The van der Waals surface area contributed by atoms with Gasteiger partial charge in [-0.15, -0.1) is 0 Å². The van der Waals surface area contributed by atoms with Gasteiger partial charge < -0.3 is 5.32 Å². The molecule has 6 heteroatoms. The quantitative estimate of drug-likeness (QED) is 0.826. The molecule has 1 atom stereocenters. The molecule has 2 fully saturated rings. The average molecular weight is 379 g/mol. The first-order valence-electron chi connectivity index (χ1n) is 9.65. The third-order valence-corrected chi connectivity index (χ3v) is 7.51. The fourth-order valence-corrected chi connectivity index (χ4v) is 6.34. The molecule has 26 heavy (non-hydrogen) atoms. The zero-order valence-electron chi connectivity index (χ0n) is 15.6. The zero-order valence-corrected chi connectivity index (χ0v) is 16.4. The van der Waals surface area contributed by atoms with Crippen molar-refractivity contribution >= 4 is 15.7 Å². The summed E-state index contributed by atoms with van der Waals surface area (Å²) in [6.07, 6.45) is 6.47. The van der Waals surface area contributed by atoms with E-state index in [2.05, 4.69) is 22.3 Å². The van der Waals surface area contributed by atoms with E-state index in [-0.39, 0.29) is 17.4 Å². The van der Waals surface area contributed by atoms with Crippen LogP contribution in [0.1, 0.15) is 51.0 Å². The van der Waals surface area contributed by atoms with Crippen LogP contribution in [0.4, 0.5) is 0 Å². The molecule has 0 radical (unpaired) electrons. The minimum absolute atomic E-state index is 0.0495. The van der Waals surface area contributed by atoms with Crippen molar-refractivity contribution in [2.45, 2.75) is 63.6 Å². The van der Waals surface area contributed by atoms with Crippen LogP contribution in [0, 0.1) is 0 Å². The van der Waals surface area contributed by atoms with Gasteiger partial charge in [-0.25, -0.2) is 8.42 Å². The number of sulfone groups is 1. The summed E-state index contributed by atoms with van der Waals surface area (Å²) in [5.41, 5.74) is 0.585. The molecule has 1 N–H and O–H groups in total. The maximum atomic E-state index is 12.7. The van der Waals surface area contributed by atoms with Gasteiger partial charge in [-0.3, -0.25) is 9.69 Å². The predicted molar refractivity (Wildman–Crippen MR) is 104 cm³/mol. The maximum Gasteiger partial charge on any atom is 0.234 e.